The van der Waals surface area contributed by atoms with E-state index in [2.05, 4.69) is 34.7 Å². The Labute approximate surface area is 188 Å². The van der Waals surface area contributed by atoms with Crippen LogP contribution in [0.5, 0.6) is 11.5 Å². The number of carbonyl (C=O) groups excluding carboxylic acids is 1. The predicted molar refractivity (Wildman–Crippen MR) is 123 cm³/mol. The van der Waals surface area contributed by atoms with Gasteiger partial charge in [-0.05, 0) is 55.0 Å². The third-order valence-corrected chi connectivity index (χ3v) is 6.54. The highest BCUT2D eigenvalue weighted by Gasteiger charge is 2.28. The van der Waals surface area contributed by atoms with Crippen LogP contribution in [0.15, 0.2) is 42.6 Å². The van der Waals surface area contributed by atoms with E-state index in [1.54, 1.807) is 4.68 Å². The molecule has 1 aliphatic carbocycles. The molecule has 0 saturated heterocycles. The van der Waals surface area contributed by atoms with E-state index < -0.39 is 0 Å². The first-order valence-electron chi connectivity index (χ1n) is 11.4. The maximum absolute atomic E-state index is 13.1. The second-order valence-electron chi connectivity index (χ2n) is 8.83. The van der Waals surface area contributed by atoms with Crippen molar-refractivity contribution in [2.24, 2.45) is 7.05 Å². The van der Waals surface area contributed by atoms with Crippen molar-refractivity contribution < 1.29 is 14.3 Å². The lowest BCUT2D eigenvalue weighted by atomic mass is 9.94. The molecular formula is C26H29N3O3. The monoisotopic (exact) mass is 431 g/mol. The maximum atomic E-state index is 13.1. The van der Waals surface area contributed by atoms with Crippen LogP contribution in [-0.2, 0) is 13.5 Å². The molecule has 1 amide bonds. The Bertz CT molecular complexity index is 1130. The minimum Gasteiger partial charge on any atom is -0.453 e. The normalized spacial score (nSPS) is 15.7. The van der Waals surface area contributed by atoms with Gasteiger partial charge in [0, 0.05) is 24.8 Å². The number of hydrogen-bond acceptors (Lipinski definition) is 4. The van der Waals surface area contributed by atoms with Crippen molar-refractivity contribution in [2.45, 2.75) is 51.5 Å². The molecule has 1 aliphatic heterocycles. The average molecular weight is 432 g/mol. The number of carbonyl (C=O) groups is 1. The summed E-state index contributed by atoms with van der Waals surface area (Å²) in [4.78, 5) is 13.1. The Morgan fingerprint density at radius 1 is 1.09 bits per heavy atom. The van der Waals surface area contributed by atoms with E-state index in [9.17, 15) is 4.79 Å². The number of hydrogen-bond donors (Lipinski definition) is 1. The van der Waals surface area contributed by atoms with Gasteiger partial charge in [0.2, 0.25) is 6.79 Å². The minimum absolute atomic E-state index is 0.0644. The molecule has 0 spiro atoms. The van der Waals surface area contributed by atoms with Gasteiger partial charge in [-0.3, -0.25) is 9.48 Å². The molecule has 1 N–H and O–H groups in total. The Morgan fingerprint density at radius 2 is 1.84 bits per heavy atom. The van der Waals surface area contributed by atoms with Gasteiger partial charge in [0.1, 0.15) is 0 Å². The molecule has 166 valence electrons. The molecule has 6 nitrogen and oxygen atoms in total. The summed E-state index contributed by atoms with van der Waals surface area (Å²) in [5.41, 5.74) is 5.90. The third kappa shape index (κ3) is 4.09. The van der Waals surface area contributed by atoms with E-state index in [1.165, 1.54) is 24.8 Å². The van der Waals surface area contributed by atoms with Crippen LogP contribution in [0.25, 0.3) is 11.3 Å². The van der Waals surface area contributed by atoms with Crippen LogP contribution in [0.1, 0.15) is 59.2 Å². The SMILES string of the molecule is Cc1c(Cc2ccc(-c3ccn(C)n3)cc2)cc(C(=O)NC2CCCCC2)c2c1OCO2. The summed E-state index contributed by atoms with van der Waals surface area (Å²) in [6.45, 7) is 2.19. The van der Waals surface area contributed by atoms with Crippen molar-refractivity contribution in [2.75, 3.05) is 6.79 Å². The van der Waals surface area contributed by atoms with Gasteiger partial charge in [-0.1, -0.05) is 43.5 Å². The number of aryl methyl sites for hydroxylation is 1. The molecule has 2 heterocycles. The number of aromatic nitrogens is 2. The number of nitrogens with one attached hydrogen (secondary N) is 1. The molecule has 2 aromatic carbocycles. The van der Waals surface area contributed by atoms with Crippen LogP contribution in [0, 0.1) is 6.92 Å². The summed E-state index contributed by atoms with van der Waals surface area (Å²) in [5.74, 6) is 1.21. The van der Waals surface area contributed by atoms with Gasteiger partial charge in [0.15, 0.2) is 11.5 Å². The molecule has 3 aromatic rings. The molecule has 5 rings (SSSR count). The molecule has 0 atom stereocenters. The van der Waals surface area contributed by atoms with Crippen LogP contribution >= 0.6 is 0 Å². The summed E-state index contributed by atoms with van der Waals surface area (Å²) >= 11 is 0. The van der Waals surface area contributed by atoms with Crippen molar-refractivity contribution in [3.63, 3.8) is 0 Å². The molecule has 1 aromatic heterocycles. The third-order valence-electron chi connectivity index (χ3n) is 6.54. The van der Waals surface area contributed by atoms with E-state index in [0.717, 1.165) is 35.2 Å². The van der Waals surface area contributed by atoms with Crippen LogP contribution in [0.4, 0.5) is 0 Å². The van der Waals surface area contributed by atoms with E-state index in [0.29, 0.717) is 23.5 Å². The summed E-state index contributed by atoms with van der Waals surface area (Å²) in [6, 6.07) is 12.7. The van der Waals surface area contributed by atoms with Crippen molar-refractivity contribution >= 4 is 5.91 Å². The van der Waals surface area contributed by atoms with Crippen molar-refractivity contribution in [3.05, 3.63) is 64.8 Å². The lowest BCUT2D eigenvalue weighted by Gasteiger charge is -2.23. The maximum Gasteiger partial charge on any atom is 0.255 e. The van der Waals surface area contributed by atoms with Gasteiger partial charge in [0.25, 0.3) is 5.91 Å². The molecular weight excluding hydrogens is 402 g/mol. The quantitative estimate of drug-likeness (QED) is 0.632. The Kier molecular flexibility index (Phi) is 5.60. The van der Waals surface area contributed by atoms with Gasteiger partial charge in [-0.15, -0.1) is 0 Å². The highest BCUT2D eigenvalue weighted by atomic mass is 16.7. The number of benzene rings is 2. The van der Waals surface area contributed by atoms with Crippen LogP contribution in [-0.4, -0.2) is 28.5 Å². The summed E-state index contributed by atoms with van der Waals surface area (Å²) < 4.78 is 13.3. The zero-order chi connectivity index (χ0) is 22.1. The lowest BCUT2D eigenvalue weighted by molar-refractivity contribution is 0.0923. The van der Waals surface area contributed by atoms with Crippen LogP contribution in [0.3, 0.4) is 0 Å². The van der Waals surface area contributed by atoms with E-state index >= 15 is 0 Å². The van der Waals surface area contributed by atoms with Gasteiger partial charge < -0.3 is 14.8 Å². The van der Waals surface area contributed by atoms with Crippen molar-refractivity contribution in [1.29, 1.82) is 0 Å². The Morgan fingerprint density at radius 3 is 2.56 bits per heavy atom. The molecule has 0 radical (unpaired) electrons. The summed E-state index contributed by atoms with van der Waals surface area (Å²) in [5, 5.41) is 7.69. The zero-order valence-electron chi connectivity index (χ0n) is 18.7. The first kappa shape index (κ1) is 20.6. The standard InChI is InChI=1S/C26H29N3O3/c1-17-20(14-18-8-10-19(11-9-18)23-12-13-29(2)28-23)15-22(25-24(17)31-16-32-25)26(30)27-21-6-4-3-5-7-21/h8-13,15,21H,3-7,14,16H2,1-2H3,(H,27,30). The second kappa shape index (κ2) is 8.69. The number of fused-ring (bicyclic) bond motifs is 1. The fourth-order valence-electron chi connectivity index (χ4n) is 4.70. The summed E-state index contributed by atoms with van der Waals surface area (Å²) in [6.07, 6.45) is 8.37. The van der Waals surface area contributed by atoms with Gasteiger partial charge >= 0.3 is 0 Å². The summed E-state index contributed by atoms with van der Waals surface area (Å²) in [7, 11) is 1.92. The van der Waals surface area contributed by atoms with Gasteiger partial charge in [-0.25, -0.2) is 0 Å². The number of nitrogens with zero attached hydrogens (tertiary/aromatic N) is 2. The minimum atomic E-state index is -0.0644. The lowest BCUT2D eigenvalue weighted by Crippen LogP contribution is -2.36. The molecule has 0 unspecified atom stereocenters. The highest BCUT2D eigenvalue weighted by molar-refractivity contribution is 5.98. The molecule has 32 heavy (non-hydrogen) atoms. The smallest absolute Gasteiger partial charge is 0.255 e. The number of ether oxygens (including phenoxy) is 2. The largest absolute Gasteiger partial charge is 0.453 e. The zero-order valence-corrected chi connectivity index (χ0v) is 18.7. The topological polar surface area (TPSA) is 65.4 Å². The van der Waals surface area contributed by atoms with Crippen molar-refractivity contribution in [3.8, 4) is 22.8 Å². The first-order chi connectivity index (χ1) is 15.6. The fraction of sp³-hybridized carbons (Fsp3) is 0.385. The Hall–Kier alpha value is -3.28. The molecule has 1 saturated carbocycles. The van der Waals surface area contributed by atoms with E-state index in [-0.39, 0.29) is 18.7 Å². The van der Waals surface area contributed by atoms with Crippen molar-refractivity contribution in [1.82, 2.24) is 15.1 Å². The average Bonchev–Trinajstić information content (AvgIpc) is 3.46. The van der Waals surface area contributed by atoms with E-state index in [4.69, 9.17) is 9.47 Å². The van der Waals surface area contributed by atoms with Gasteiger partial charge in [0.05, 0.1) is 11.3 Å². The number of amides is 1. The molecule has 6 heteroatoms. The second-order valence-corrected chi connectivity index (χ2v) is 8.83. The number of rotatable bonds is 5. The fourth-order valence-corrected chi connectivity index (χ4v) is 4.70. The molecule has 1 fully saturated rings. The first-order valence-corrected chi connectivity index (χ1v) is 11.4. The van der Waals surface area contributed by atoms with Crippen LogP contribution < -0.4 is 14.8 Å². The Balaban J connectivity index is 1.40. The predicted octanol–water partition coefficient (Wildman–Crippen LogP) is 4.78. The molecule has 2 aliphatic rings. The molecule has 0 bridgehead atoms. The van der Waals surface area contributed by atoms with Crippen LogP contribution in [0.2, 0.25) is 0 Å². The van der Waals surface area contributed by atoms with Gasteiger partial charge in [-0.2, -0.15) is 5.10 Å². The highest BCUT2D eigenvalue weighted by Crippen LogP contribution is 2.41. The van der Waals surface area contributed by atoms with E-state index in [1.807, 2.05) is 32.3 Å².